The second kappa shape index (κ2) is 9.78. The van der Waals surface area contributed by atoms with Crippen LogP contribution in [0.15, 0.2) is 58.8 Å². The van der Waals surface area contributed by atoms with Gasteiger partial charge in [-0.15, -0.1) is 23.1 Å². The molecule has 0 aliphatic carbocycles. The fraction of sp³-hybridized carbons (Fsp3) is 0.261. The molecule has 0 saturated heterocycles. The monoisotopic (exact) mass is 466 g/mol. The van der Waals surface area contributed by atoms with Crippen LogP contribution >= 0.6 is 23.1 Å². The summed E-state index contributed by atoms with van der Waals surface area (Å²) in [6, 6.07) is 12.8. The summed E-state index contributed by atoms with van der Waals surface area (Å²) in [6.45, 7) is 3.64. The number of aryl methyl sites for hydroxylation is 1. The van der Waals surface area contributed by atoms with Crippen molar-refractivity contribution in [3.8, 4) is 16.2 Å². The highest BCUT2D eigenvalue weighted by Crippen LogP contribution is 2.35. The minimum atomic E-state index is -4.33. The number of alkyl halides is 3. The van der Waals surface area contributed by atoms with Crippen molar-refractivity contribution in [1.82, 2.24) is 0 Å². The van der Waals surface area contributed by atoms with Gasteiger partial charge < -0.3 is 9.84 Å². The van der Waals surface area contributed by atoms with E-state index >= 15 is 0 Å². The third-order valence-corrected chi connectivity index (χ3v) is 6.71. The number of ether oxygens (including phenoxy) is 1. The summed E-state index contributed by atoms with van der Waals surface area (Å²) >= 11 is 3.13. The molecule has 1 unspecified atom stereocenters. The Hall–Kier alpha value is -2.45. The molecule has 0 aliphatic rings. The maximum atomic E-state index is 12.7. The first-order chi connectivity index (χ1) is 14.7. The highest BCUT2D eigenvalue weighted by Gasteiger charge is 2.30. The van der Waals surface area contributed by atoms with Crippen molar-refractivity contribution >= 4 is 29.1 Å². The first-order valence-electron chi connectivity index (χ1n) is 9.55. The maximum absolute atomic E-state index is 12.7. The molecule has 0 saturated carbocycles. The summed E-state index contributed by atoms with van der Waals surface area (Å²) < 4.78 is 43.7. The van der Waals surface area contributed by atoms with Gasteiger partial charge >= 0.3 is 12.1 Å². The molecule has 31 heavy (non-hydrogen) atoms. The molecule has 1 aromatic heterocycles. The Morgan fingerprint density at radius 3 is 2.45 bits per heavy atom. The second-order valence-corrected chi connectivity index (χ2v) is 8.92. The van der Waals surface area contributed by atoms with Crippen LogP contribution in [0.2, 0.25) is 0 Å². The van der Waals surface area contributed by atoms with Crippen LogP contribution in [0.1, 0.15) is 30.0 Å². The van der Waals surface area contributed by atoms with Gasteiger partial charge in [0.1, 0.15) is 5.75 Å². The van der Waals surface area contributed by atoms with Gasteiger partial charge in [0.05, 0.1) is 5.56 Å². The van der Waals surface area contributed by atoms with Crippen molar-refractivity contribution in [3.63, 3.8) is 0 Å². The number of carboxylic acids is 1. The smallest absolute Gasteiger partial charge is 0.416 e. The van der Waals surface area contributed by atoms with E-state index in [4.69, 9.17) is 9.84 Å². The first-order valence-corrected chi connectivity index (χ1v) is 11.4. The third kappa shape index (κ3) is 6.04. The predicted octanol–water partition coefficient (Wildman–Crippen LogP) is 7.28. The van der Waals surface area contributed by atoms with Gasteiger partial charge in [-0.3, -0.25) is 0 Å². The Labute approximate surface area is 186 Å². The lowest BCUT2D eigenvalue weighted by molar-refractivity contribution is -0.145. The Morgan fingerprint density at radius 2 is 1.87 bits per heavy atom. The lowest BCUT2D eigenvalue weighted by Gasteiger charge is -2.15. The van der Waals surface area contributed by atoms with Gasteiger partial charge in [-0.05, 0) is 71.8 Å². The van der Waals surface area contributed by atoms with E-state index < -0.39 is 23.8 Å². The molecule has 1 heterocycles. The molecule has 0 bridgehead atoms. The summed E-state index contributed by atoms with van der Waals surface area (Å²) in [5, 5.41) is 11.1. The van der Waals surface area contributed by atoms with Crippen molar-refractivity contribution in [3.05, 3.63) is 70.6 Å². The van der Waals surface area contributed by atoms with Gasteiger partial charge in [0, 0.05) is 15.5 Å². The molecular formula is C23H21F3O3S2. The molecule has 0 amide bonds. The summed E-state index contributed by atoms with van der Waals surface area (Å²) in [4.78, 5) is 13.1. The molecule has 3 rings (SSSR count). The van der Waals surface area contributed by atoms with Crippen molar-refractivity contribution in [2.24, 2.45) is 0 Å². The van der Waals surface area contributed by atoms with Gasteiger partial charge in [0.15, 0.2) is 6.10 Å². The number of halogens is 3. The van der Waals surface area contributed by atoms with E-state index in [0.29, 0.717) is 17.9 Å². The maximum Gasteiger partial charge on any atom is 0.416 e. The molecule has 0 spiro atoms. The molecule has 8 heteroatoms. The predicted molar refractivity (Wildman–Crippen MR) is 118 cm³/mol. The molecular weight excluding hydrogens is 445 g/mol. The number of carboxylic acid groups (broad SMARTS) is 1. The number of carbonyl (C=O) groups is 1. The van der Waals surface area contributed by atoms with Crippen molar-refractivity contribution in [1.29, 1.82) is 0 Å². The molecule has 3 nitrogen and oxygen atoms in total. The highest BCUT2D eigenvalue weighted by molar-refractivity contribution is 7.98. The minimum Gasteiger partial charge on any atom is -0.479 e. The summed E-state index contributed by atoms with van der Waals surface area (Å²) in [7, 11) is 0. The van der Waals surface area contributed by atoms with E-state index in [1.165, 1.54) is 23.5 Å². The van der Waals surface area contributed by atoms with Gasteiger partial charge in [-0.25, -0.2) is 4.79 Å². The zero-order valence-electron chi connectivity index (χ0n) is 16.9. The van der Waals surface area contributed by atoms with Crippen LogP contribution in [-0.2, 0) is 16.7 Å². The number of rotatable bonds is 8. The number of thiophene rings is 1. The largest absolute Gasteiger partial charge is 0.479 e. The van der Waals surface area contributed by atoms with E-state index in [9.17, 15) is 18.0 Å². The topological polar surface area (TPSA) is 46.5 Å². The normalized spacial score (nSPS) is 12.5. The lowest BCUT2D eigenvalue weighted by Crippen LogP contribution is -2.26. The quantitative estimate of drug-likeness (QED) is 0.355. The van der Waals surface area contributed by atoms with E-state index in [2.05, 4.69) is 0 Å². The van der Waals surface area contributed by atoms with E-state index in [0.717, 1.165) is 38.6 Å². The summed E-state index contributed by atoms with van der Waals surface area (Å²) in [6.07, 6.45) is -4.82. The molecule has 1 N–H and O–H groups in total. The highest BCUT2D eigenvalue weighted by atomic mass is 32.2. The zero-order chi connectivity index (χ0) is 22.6. The number of hydrogen-bond donors (Lipinski definition) is 1. The zero-order valence-corrected chi connectivity index (χ0v) is 18.5. The fourth-order valence-electron chi connectivity index (χ4n) is 2.90. The van der Waals surface area contributed by atoms with Gasteiger partial charge in [-0.1, -0.05) is 19.1 Å². The fourth-order valence-corrected chi connectivity index (χ4v) is 4.85. The average Bonchev–Trinajstić information content (AvgIpc) is 3.20. The minimum absolute atomic E-state index is 0.380. The summed E-state index contributed by atoms with van der Waals surface area (Å²) in [5.74, 6) is 0.282. The number of hydrogen-bond acceptors (Lipinski definition) is 4. The number of thioether (sulfide) groups is 1. The van der Waals surface area contributed by atoms with Crippen LogP contribution < -0.4 is 4.74 Å². The Morgan fingerprint density at radius 1 is 1.16 bits per heavy atom. The molecule has 0 aliphatic heterocycles. The molecule has 0 radical (unpaired) electrons. The van der Waals surface area contributed by atoms with Crippen LogP contribution in [0, 0.1) is 6.92 Å². The average molecular weight is 467 g/mol. The Balaban J connectivity index is 1.63. The summed E-state index contributed by atoms with van der Waals surface area (Å²) in [5.41, 5.74) is 2.05. The molecule has 164 valence electrons. The number of aliphatic carboxylic acids is 1. The van der Waals surface area contributed by atoms with E-state index in [-0.39, 0.29) is 0 Å². The Kier molecular flexibility index (Phi) is 7.33. The van der Waals surface area contributed by atoms with Crippen molar-refractivity contribution in [2.45, 2.75) is 43.2 Å². The molecule has 3 aromatic rings. The second-order valence-electron chi connectivity index (χ2n) is 6.96. The van der Waals surface area contributed by atoms with Gasteiger partial charge in [0.2, 0.25) is 0 Å². The first kappa shape index (κ1) is 23.2. The van der Waals surface area contributed by atoms with Crippen molar-refractivity contribution < 1.29 is 27.8 Å². The van der Waals surface area contributed by atoms with E-state index in [1.54, 1.807) is 24.8 Å². The lowest BCUT2D eigenvalue weighted by atomic mass is 10.1. The van der Waals surface area contributed by atoms with Gasteiger partial charge in [0.25, 0.3) is 0 Å². The molecule has 0 fully saturated rings. The van der Waals surface area contributed by atoms with Crippen LogP contribution in [-0.4, -0.2) is 17.2 Å². The molecule has 1 atom stereocenters. The SMILES string of the molecule is CCC(Oc1ccc(SCc2csc(-c3ccc(C(F)(F)F)cc3)c2)cc1C)C(=O)O. The van der Waals surface area contributed by atoms with Crippen LogP contribution in [0.25, 0.3) is 10.4 Å². The van der Waals surface area contributed by atoms with Gasteiger partial charge in [-0.2, -0.15) is 13.2 Å². The van der Waals surface area contributed by atoms with E-state index in [1.807, 2.05) is 30.5 Å². The third-order valence-electron chi connectivity index (χ3n) is 4.62. The van der Waals surface area contributed by atoms with Crippen LogP contribution in [0.5, 0.6) is 5.75 Å². The Bertz CT molecular complexity index is 1040. The number of benzene rings is 2. The van der Waals surface area contributed by atoms with Crippen LogP contribution in [0.3, 0.4) is 0 Å². The standard InChI is InChI=1S/C23H21F3O3S2/c1-3-19(22(27)28)29-20-9-8-18(10-14(20)2)30-12-15-11-21(31-13-15)16-4-6-17(7-5-16)23(24,25)26/h4-11,13,19H,3,12H2,1-2H3,(H,27,28). The van der Waals surface area contributed by atoms with Crippen molar-refractivity contribution in [2.75, 3.05) is 0 Å². The molecule has 2 aromatic carbocycles. The van der Waals surface area contributed by atoms with Crippen LogP contribution in [0.4, 0.5) is 13.2 Å².